The van der Waals surface area contributed by atoms with Crippen LogP contribution in [0.5, 0.6) is 0 Å². The van der Waals surface area contributed by atoms with Gasteiger partial charge in [0.25, 0.3) is 5.56 Å². The van der Waals surface area contributed by atoms with Crippen LogP contribution in [0, 0.1) is 0 Å². The van der Waals surface area contributed by atoms with Crippen LogP contribution >= 0.6 is 0 Å². The van der Waals surface area contributed by atoms with Crippen LogP contribution in [-0.2, 0) is 14.2 Å². The van der Waals surface area contributed by atoms with Crippen LogP contribution < -0.4 is 11.3 Å². The van der Waals surface area contributed by atoms with Crippen LogP contribution in [0.1, 0.15) is 20.1 Å². The molecule has 124 valence electrons. The van der Waals surface area contributed by atoms with Gasteiger partial charge in [0.15, 0.2) is 17.7 Å². The van der Waals surface area contributed by atoms with Crippen molar-refractivity contribution < 1.29 is 19.3 Å². The van der Waals surface area contributed by atoms with Crippen LogP contribution in [0.2, 0.25) is 0 Å². The zero-order chi connectivity index (χ0) is 16.4. The number of nitrogens with two attached hydrogens (primary N) is 1. The van der Waals surface area contributed by atoms with Crippen molar-refractivity contribution >= 4 is 17.0 Å². The Labute approximate surface area is 131 Å². The first-order valence-corrected chi connectivity index (χ1v) is 7.38. The zero-order valence-corrected chi connectivity index (χ0v) is 12.7. The highest BCUT2D eigenvalue weighted by Gasteiger charge is 2.55. The first kappa shape index (κ1) is 14.6. The summed E-state index contributed by atoms with van der Waals surface area (Å²) in [7, 11) is 0. The Bertz CT molecular complexity index is 813. The van der Waals surface area contributed by atoms with Crippen LogP contribution in [0.4, 0.5) is 5.95 Å². The SMILES string of the molecule is CC1(C)OC2[C@@H](O1)[C@@H](CO)O[C@H]2n1ccc2c(=O)[nH]c(N)nc21. The van der Waals surface area contributed by atoms with Crippen molar-refractivity contribution in [3.8, 4) is 0 Å². The minimum Gasteiger partial charge on any atom is -0.394 e. The van der Waals surface area contributed by atoms with Gasteiger partial charge >= 0.3 is 0 Å². The van der Waals surface area contributed by atoms with Gasteiger partial charge in [-0.1, -0.05) is 0 Å². The summed E-state index contributed by atoms with van der Waals surface area (Å²) in [5.41, 5.74) is 5.73. The summed E-state index contributed by atoms with van der Waals surface area (Å²) in [5, 5.41) is 9.95. The second-order valence-electron chi connectivity index (χ2n) is 6.22. The molecule has 2 aliphatic heterocycles. The molecule has 0 aromatic carbocycles. The number of anilines is 1. The Morgan fingerprint density at radius 2 is 2.17 bits per heavy atom. The molecule has 0 saturated carbocycles. The molecule has 0 aliphatic carbocycles. The standard InChI is InChI=1S/C14H18N4O5/c1-14(2)22-8-7(5-19)21-12(9(8)23-14)18-4-3-6-10(18)16-13(15)17-11(6)20/h3-4,7-9,12,19H,5H2,1-2H3,(H3,15,16,17,20)/t7-,8+,9?,12-/m1/s1. The average Bonchev–Trinajstić information content (AvgIpc) is 3.09. The van der Waals surface area contributed by atoms with Gasteiger partial charge in [-0.15, -0.1) is 0 Å². The minimum absolute atomic E-state index is 0.0274. The Hall–Kier alpha value is -1.94. The largest absolute Gasteiger partial charge is 0.394 e. The van der Waals surface area contributed by atoms with Gasteiger partial charge < -0.3 is 29.6 Å². The van der Waals surface area contributed by atoms with E-state index in [1.165, 1.54) is 0 Å². The molecule has 0 radical (unpaired) electrons. The number of aromatic nitrogens is 3. The molecule has 2 aromatic heterocycles. The lowest BCUT2D eigenvalue weighted by molar-refractivity contribution is -0.199. The fourth-order valence-electron chi connectivity index (χ4n) is 3.30. The van der Waals surface area contributed by atoms with Crippen LogP contribution in [0.3, 0.4) is 0 Å². The van der Waals surface area contributed by atoms with Crippen molar-refractivity contribution in [1.82, 2.24) is 14.5 Å². The number of hydrogen-bond acceptors (Lipinski definition) is 7. The maximum atomic E-state index is 12.0. The average molecular weight is 322 g/mol. The normalized spacial score (nSPS) is 32.5. The second-order valence-corrected chi connectivity index (χ2v) is 6.22. The third-order valence-corrected chi connectivity index (χ3v) is 4.18. The maximum absolute atomic E-state index is 12.0. The predicted octanol–water partition coefficient (Wildman–Crippen LogP) is -0.283. The fourth-order valence-corrected chi connectivity index (χ4v) is 3.30. The van der Waals surface area contributed by atoms with Gasteiger partial charge in [0.05, 0.1) is 12.0 Å². The summed E-state index contributed by atoms with van der Waals surface area (Å²) in [5.74, 6) is -0.739. The molecule has 4 rings (SSSR count). The van der Waals surface area contributed by atoms with Crippen LogP contribution in [0.25, 0.3) is 11.0 Å². The molecule has 2 aromatic rings. The monoisotopic (exact) mass is 322 g/mol. The molecule has 0 spiro atoms. The van der Waals surface area contributed by atoms with E-state index in [1.54, 1.807) is 16.8 Å². The summed E-state index contributed by atoms with van der Waals surface area (Å²) in [6.07, 6.45) is -0.187. The van der Waals surface area contributed by atoms with Crippen LogP contribution in [-0.4, -0.2) is 50.3 Å². The number of aliphatic hydroxyl groups excluding tert-OH is 1. The topological polar surface area (TPSA) is 125 Å². The molecule has 4 heterocycles. The smallest absolute Gasteiger partial charge is 0.261 e. The van der Waals surface area contributed by atoms with Crippen molar-refractivity contribution in [2.45, 2.75) is 44.2 Å². The van der Waals surface area contributed by atoms with Crippen molar-refractivity contribution in [3.63, 3.8) is 0 Å². The molecule has 1 unspecified atom stereocenters. The van der Waals surface area contributed by atoms with Crippen molar-refractivity contribution in [3.05, 3.63) is 22.6 Å². The lowest BCUT2D eigenvalue weighted by atomic mass is 10.1. The number of aromatic amines is 1. The Morgan fingerprint density at radius 1 is 1.43 bits per heavy atom. The van der Waals surface area contributed by atoms with Gasteiger partial charge in [0.2, 0.25) is 5.95 Å². The molecule has 4 atom stereocenters. The van der Waals surface area contributed by atoms with Crippen molar-refractivity contribution in [2.75, 3.05) is 12.3 Å². The van der Waals surface area contributed by atoms with Crippen LogP contribution in [0.15, 0.2) is 17.1 Å². The number of hydrogen-bond donors (Lipinski definition) is 3. The molecule has 4 N–H and O–H groups in total. The molecule has 9 nitrogen and oxygen atoms in total. The number of fused-ring (bicyclic) bond motifs is 2. The van der Waals surface area contributed by atoms with Crippen molar-refractivity contribution in [1.29, 1.82) is 0 Å². The van der Waals surface area contributed by atoms with Gasteiger partial charge in [0.1, 0.15) is 18.3 Å². The number of nitrogens with one attached hydrogen (secondary N) is 1. The van der Waals surface area contributed by atoms with E-state index < -0.39 is 30.3 Å². The molecule has 2 aliphatic rings. The van der Waals surface area contributed by atoms with E-state index in [1.807, 2.05) is 13.8 Å². The quantitative estimate of drug-likeness (QED) is 0.694. The Morgan fingerprint density at radius 3 is 2.91 bits per heavy atom. The van der Waals surface area contributed by atoms with E-state index in [4.69, 9.17) is 19.9 Å². The predicted molar refractivity (Wildman–Crippen MR) is 79.6 cm³/mol. The van der Waals surface area contributed by atoms with Gasteiger partial charge in [-0.3, -0.25) is 9.78 Å². The van der Waals surface area contributed by atoms with Gasteiger partial charge in [-0.25, -0.2) is 0 Å². The number of rotatable bonds is 2. The first-order valence-electron chi connectivity index (χ1n) is 7.38. The second kappa shape index (κ2) is 4.78. The summed E-state index contributed by atoms with van der Waals surface area (Å²) < 4.78 is 19.3. The summed E-state index contributed by atoms with van der Waals surface area (Å²) in [6, 6.07) is 1.65. The fraction of sp³-hybridized carbons (Fsp3) is 0.571. The molecule has 9 heteroatoms. The highest BCUT2D eigenvalue weighted by Crippen LogP contribution is 2.43. The van der Waals surface area contributed by atoms with Gasteiger partial charge in [0, 0.05) is 6.20 Å². The van der Waals surface area contributed by atoms with E-state index in [0.717, 1.165) is 0 Å². The number of aliphatic hydroxyl groups is 1. The molecule has 2 fully saturated rings. The van der Waals surface area contributed by atoms with E-state index >= 15 is 0 Å². The third kappa shape index (κ3) is 2.16. The molecular weight excluding hydrogens is 304 g/mol. The number of nitrogens with zero attached hydrogens (tertiary/aromatic N) is 2. The lowest BCUT2D eigenvalue weighted by Crippen LogP contribution is -2.31. The zero-order valence-electron chi connectivity index (χ0n) is 12.7. The number of H-pyrrole nitrogens is 1. The summed E-state index contributed by atoms with van der Waals surface area (Å²) in [4.78, 5) is 18.6. The van der Waals surface area contributed by atoms with E-state index in [2.05, 4.69) is 9.97 Å². The van der Waals surface area contributed by atoms with Gasteiger partial charge in [-0.2, -0.15) is 4.98 Å². The maximum Gasteiger partial charge on any atom is 0.261 e. The van der Waals surface area contributed by atoms with Crippen molar-refractivity contribution in [2.24, 2.45) is 0 Å². The molecule has 0 bridgehead atoms. The first-order chi connectivity index (χ1) is 10.9. The summed E-state index contributed by atoms with van der Waals surface area (Å²) >= 11 is 0. The third-order valence-electron chi connectivity index (χ3n) is 4.18. The number of nitrogen functional groups attached to an aromatic ring is 1. The molecule has 0 amide bonds. The summed E-state index contributed by atoms with van der Waals surface area (Å²) in [6.45, 7) is 3.43. The van der Waals surface area contributed by atoms with E-state index in [9.17, 15) is 9.90 Å². The Balaban J connectivity index is 1.80. The molecular formula is C14H18N4O5. The number of ether oxygens (including phenoxy) is 3. The molecule has 2 saturated heterocycles. The molecule has 23 heavy (non-hydrogen) atoms. The lowest BCUT2D eigenvalue weighted by Gasteiger charge is -2.24. The highest BCUT2D eigenvalue weighted by molar-refractivity contribution is 5.76. The van der Waals surface area contributed by atoms with Gasteiger partial charge in [-0.05, 0) is 19.9 Å². The minimum atomic E-state index is -0.766. The van der Waals surface area contributed by atoms with E-state index in [0.29, 0.717) is 11.0 Å². The van der Waals surface area contributed by atoms with E-state index in [-0.39, 0.29) is 18.1 Å². The highest BCUT2D eigenvalue weighted by atomic mass is 16.8. The Kier molecular flexibility index (Phi) is 3.04.